The van der Waals surface area contributed by atoms with E-state index in [1.807, 2.05) is 6.07 Å². The number of hydrogen-bond acceptors (Lipinski definition) is 8. The maximum absolute atomic E-state index is 14.0. The van der Waals surface area contributed by atoms with E-state index < -0.39 is 54.3 Å². The van der Waals surface area contributed by atoms with Crippen LogP contribution >= 0.6 is 0 Å². The van der Waals surface area contributed by atoms with E-state index in [-0.39, 0.29) is 54.9 Å². The molecule has 17 heteroatoms. The number of urea groups is 1. The molecule has 3 aliphatic rings. The van der Waals surface area contributed by atoms with Crippen LogP contribution in [0, 0.1) is 17.2 Å². The highest BCUT2D eigenvalue weighted by molar-refractivity contribution is 6.05. The van der Waals surface area contributed by atoms with Gasteiger partial charge in [0.2, 0.25) is 5.92 Å². The number of amides is 3. The van der Waals surface area contributed by atoms with Crippen molar-refractivity contribution in [2.24, 2.45) is 10.9 Å². The van der Waals surface area contributed by atoms with Crippen LogP contribution in [0.3, 0.4) is 0 Å². The van der Waals surface area contributed by atoms with Gasteiger partial charge in [-0.3, -0.25) is 4.79 Å². The second-order valence-electron chi connectivity index (χ2n) is 11.0. The molecule has 0 bridgehead atoms. The minimum atomic E-state index is -4.80. The summed E-state index contributed by atoms with van der Waals surface area (Å²) in [5.74, 6) is -3.73. The molecule has 43 heavy (non-hydrogen) atoms. The van der Waals surface area contributed by atoms with Crippen LogP contribution in [0.4, 0.5) is 26.7 Å². The summed E-state index contributed by atoms with van der Waals surface area (Å²) in [4.78, 5) is 34.2. The van der Waals surface area contributed by atoms with Gasteiger partial charge in [-0.05, 0) is 48.4 Å². The van der Waals surface area contributed by atoms with Crippen molar-refractivity contribution in [3.8, 4) is 6.07 Å². The predicted molar refractivity (Wildman–Crippen MR) is 135 cm³/mol. The second kappa shape index (κ2) is 10.7. The lowest BCUT2D eigenvalue weighted by Gasteiger charge is -2.33. The summed E-state index contributed by atoms with van der Waals surface area (Å²) < 4.78 is 73.8. The third-order valence-corrected chi connectivity index (χ3v) is 8.06. The van der Waals surface area contributed by atoms with Crippen molar-refractivity contribution in [2.75, 3.05) is 6.54 Å². The van der Waals surface area contributed by atoms with Crippen molar-refractivity contribution in [2.45, 2.75) is 75.0 Å². The number of nitrogens with one attached hydrogen (secondary N) is 1. The van der Waals surface area contributed by atoms with Gasteiger partial charge in [-0.15, -0.1) is 0 Å². The molecule has 2 aliphatic carbocycles. The van der Waals surface area contributed by atoms with Crippen LogP contribution in [-0.2, 0) is 0 Å². The molecule has 1 aliphatic heterocycles. The zero-order valence-electron chi connectivity index (χ0n) is 22.4. The first-order valence-electron chi connectivity index (χ1n) is 13.6. The minimum Gasteiger partial charge on any atom is -0.342 e. The number of aromatic nitrogens is 5. The Labute approximate surface area is 239 Å². The van der Waals surface area contributed by atoms with Crippen molar-refractivity contribution in [3.05, 3.63) is 41.1 Å². The SMILES string of the molecule is N#CC[C@@H](c1cnn2cc([C@@H](NC(=O)c3nonc3C3CC3)C3CCC(F)(F)CC3)nc2c1)N1CC(C(F)(F)F)=NC1=O. The number of fused-ring (bicyclic) bond motifs is 1. The smallest absolute Gasteiger partial charge is 0.342 e. The van der Waals surface area contributed by atoms with Crippen LogP contribution in [0.2, 0.25) is 0 Å². The number of imidazole rings is 1. The van der Waals surface area contributed by atoms with Crippen molar-refractivity contribution in [3.63, 3.8) is 0 Å². The maximum atomic E-state index is 14.0. The first-order chi connectivity index (χ1) is 20.4. The van der Waals surface area contributed by atoms with E-state index in [1.165, 1.54) is 23.0 Å². The Morgan fingerprint density at radius 2 is 1.95 bits per heavy atom. The third-order valence-electron chi connectivity index (χ3n) is 8.06. The van der Waals surface area contributed by atoms with E-state index in [4.69, 9.17) is 4.63 Å². The molecule has 0 unspecified atom stereocenters. The van der Waals surface area contributed by atoms with Crippen molar-refractivity contribution >= 4 is 23.3 Å². The molecule has 2 fully saturated rings. The Kier molecular flexibility index (Phi) is 7.09. The number of hydrogen-bond donors (Lipinski definition) is 1. The van der Waals surface area contributed by atoms with Crippen molar-refractivity contribution < 1.29 is 36.2 Å². The molecule has 3 aromatic rings. The summed E-state index contributed by atoms with van der Waals surface area (Å²) in [6.45, 7) is -0.820. The summed E-state index contributed by atoms with van der Waals surface area (Å²) in [7, 11) is 0. The van der Waals surface area contributed by atoms with Crippen LogP contribution in [-0.4, -0.2) is 66.1 Å². The number of carbonyl (C=O) groups excluding carboxylic acids is 2. The largest absolute Gasteiger partial charge is 0.431 e. The average molecular weight is 606 g/mol. The van der Waals surface area contributed by atoms with Gasteiger partial charge in [0.25, 0.3) is 5.91 Å². The molecule has 226 valence electrons. The van der Waals surface area contributed by atoms with Gasteiger partial charge < -0.3 is 10.2 Å². The van der Waals surface area contributed by atoms with Gasteiger partial charge in [-0.1, -0.05) is 5.16 Å². The Balaban J connectivity index is 1.30. The lowest BCUT2D eigenvalue weighted by atomic mass is 9.81. The molecular weight excluding hydrogens is 581 g/mol. The molecule has 0 radical (unpaired) electrons. The standard InChI is InChI=1S/C26H24F5N9O3/c27-25(28)6-3-14(4-7-25)20(36-23(41)22-21(13-1-2-13)37-43-38-22)16-11-40-19(34-16)9-15(10-33-40)17(5-8-32)39-12-18(26(29,30)31)35-24(39)42/h9-11,13-14,17,20H,1-7,12H2,(H,36,41)/t17-,20-/m0/s1. The molecule has 0 spiro atoms. The minimum absolute atomic E-state index is 0.0212. The van der Waals surface area contributed by atoms with Crippen LogP contribution in [0.15, 0.2) is 28.1 Å². The molecule has 3 aromatic heterocycles. The third kappa shape index (κ3) is 5.77. The van der Waals surface area contributed by atoms with Gasteiger partial charge in [0, 0.05) is 18.8 Å². The zero-order valence-corrected chi connectivity index (χ0v) is 22.4. The van der Waals surface area contributed by atoms with E-state index >= 15 is 0 Å². The second-order valence-corrected chi connectivity index (χ2v) is 11.0. The van der Waals surface area contributed by atoms with Gasteiger partial charge in [-0.2, -0.15) is 28.5 Å². The number of rotatable bonds is 8. The van der Waals surface area contributed by atoms with Crippen LogP contribution in [0.5, 0.6) is 0 Å². The number of aliphatic imine (C=N–C) groups is 1. The molecule has 12 nitrogen and oxygen atoms in total. The fraction of sp³-hybridized carbons (Fsp3) is 0.538. The van der Waals surface area contributed by atoms with Crippen LogP contribution in [0.1, 0.15) is 90.4 Å². The molecule has 3 amide bonds. The quantitative estimate of drug-likeness (QED) is 0.363. The summed E-state index contributed by atoms with van der Waals surface area (Å²) in [6.07, 6.45) is -1.12. The molecule has 2 atom stereocenters. The average Bonchev–Trinajstić information content (AvgIpc) is 3.33. The first-order valence-corrected chi connectivity index (χ1v) is 13.6. The van der Waals surface area contributed by atoms with Crippen molar-refractivity contribution in [1.82, 2.24) is 35.1 Å². The summed E-state index contributed by atoms with van der Waals surface area (Å²) >= 11 is 0. The molecule has 4 heterocycles. The monoisotopic (exact) mass is 605 g/mol. The normalized spacial score (nSPS) is 20.6. The van der Waals surface area contributed by atoms with Gasteiger partial charge in [0.05, 0.1) is 49.2 Å². The lowest BCUT2D eigenvalue weighted by molar-refractivity contribution is -0.0602. The Morgan fingerprint density at radius 1 is 1.21 bits per heavy atom. The molecule has 1 N–H and O–H groups in total. The number of nitrogens with zero attached hydrogens (tertiary/aromatic N) is 8. The Morgan fingerprint density at radius 3 is 2.60 bits per heavy atom. The van der Waals surface area contributed by atoms with Crippen molar-refractivity contribution in [1.29, 1.82) is 5.26 Å². The lowest BCUT2D eigenvalue weighted by Crippen LogP contribution is -2.37. The molecule has 6 rings (SSSR count). The number of halogens is 5. The predicted octanol–water partition coefficient (Wildman–Crippen LogP) is 4.68. The molecule has 2 saturated carbocycles. The summed E-state index contributed by atoms with van der Waals surface area (Å²) in [5.41, 5.74) is -0.0333. The molecule has 0 aromatic carbocycles. The summed E-state index contributed by atoms with van der Waals surface area (Å²) in [6, 6.07) is 0.331. The van der Waals surface area contributed by atoms with E-state index in [0.29, 0.717) is 11.4 Å². The van der Waals surface area contributed by atoms with E-state index in [2.05, 4.69) is 30.7 Å². The fourth-order valence-electron chi connectivity index (χ4n) is 5.59. The van der Waals surface area contributed by atoms with Crippen LogP contribution < -0.4 is 5.32 Å². The topological polar surface area (TPSA) is 155 Å². The van der Waals surface area contributed by atoms with Gasteiger partial charge in [0.1, 0.15) is 11.4 Å². The number of carbonyl (C=O) groups is 2. The maximum Gasteiger partial charge on any atom is 0.431 e. The Hall–Kier alpha value is -4.49. The first kappa shape index (κ1) is 28.6. The molecule has 0 saturated heterocycles. The van der Waals surface area contributed by atoms with E-state index in [0.717, 1.165) is 17.7 Å². The van der Waals surface area contributed by atoms with Gasteiger partial charge in [0.15, 0.2) is 11.3 Å². The highest BCUT2D eigenvalue weighted by Gasteiger charge is 2.44. The van der Waals surface area contributed by atoms with Gasteiger partial charge in [-0.25, -0.2) is 27.7 Å². The van der Waals surface area contributed by atoms with Crippen LogP contribution in [0.25, 0.3) is 5.65 Å². The Bertz CT molecular complexity index is 1630. The zero-order chi connectivity index (χ0) is 30.5. The number of alkyl halides is 5. The highest BCUT2D eigenvalue weighted by Crippen LogP contribution is 2.43. The highest BCUT2D eigenvalue weighted by atomic mass is 19.4. The van der Waals surface area contributed by atoms with E-state index in [1.54, 1.807) is 0 Å². The van der Waals surface area contributed by atoms with Gasteiger partial charge >= 0.3 is 12.2 Å². The summed E-state index contributed by atoms with van der Waals surface area (Å²) in [5, 5.41) is 24.1. The number of nitriles is 1. The fourth-order valence-corrected chi connectivity index (χ4v) is 5.59. The van der Waals surface area contributed by atoms with E-state index in [9.17, 15) is 36.8 Å². The molecular formula is C26H24F5N9O3.